The van der Waals surface area contributed by atoms with Gasteiger partial charge in [-0.05, 0) is 56.0 Å². The molecule has 1 aromatic carbocycles. The summed E-state index contributed by atoms with van der Waals surface area (Å²) >= 11 is 0. The molecule has 1 aromatic heterocycles. The Labute approximate surface area is 166 Å². The Hall–Kier alpha value is -2.83. The smallest absolute Gasteiger partial charge is 0.223 e. The first-order valence-electron chi connectivity index (χ1n) is 9.58. The topological polar surface area (TPSA) is 76.6 Å². The molecule has 2 aromatic rings. The minimum atomic E-state index is 0.170. The van der Waals surface area contributed by atoms with Crippen molar-refractivity contribution in [1.29, 1.82) is 0 Å². The first-order chi connectivity index (χ1) is 13.5. The zero-order valence-electron chi connectivity index (χ0n) is 17.0. The van der Waals surface area contributed by atoms with Crippen LogP contribution in [0.1, 0.15) is 35.4 Å². The highest BCUT2D eigenvalue weighted by molar-refractivity contribution is 5.76. The highest BCUT2D eigenvalue weighted by Crippen LogP contribution is 2.33. The summed E-state index contributed by atoms with van der Waals surface area (Å²) in [4.78, 5) is 23.2. The van der Waals surface area contributed by atoms with E-state index in [1.807, 2.05) is 36.9 Å². The average molecular weight is 384 g/mol. The summed E-state index contributed by atoms with van der Waals surface area (Å²) in [7, 11) is 3.27. The molecule has 7 heteroatoms. The van der Waals surface area contributed by atoms with Gasteiger partial charge in [0.2, 0.25) is 11.9 Å². The van der Waals surface area contributed by atoms with Gasteiger partial charge in [-0.2, -0.15) is 0 Å². The van der Waals surface area contributed by atoms with E-state index in [2.05, 4.69) is 15.3 Å². The molecule has 0 aliphatic carbocycles. The van der Waals surface area contributed by atoms with Crippen LogP contribution < -0.4 is 14.8 Å². The van der Waals surface area contributed by atoms with Gasteiger partial charge in [0, 0.05) is 37.4 Å². The van der Waals surface area contributed by atoms with Gasteiger partial charge in [-0.15, -0.1) is 0 Å². The van der Waals surface area contributed by atoms with E-state index < -0.39 is 0 Å². The Kier molecular flexibility index (Phi) is 6.34. The number of methoxy groups -OCH3 is 2. The molecule has 3 rings (SSSR count). The number of fused-ring (bicyclic) bond motifs is 1. The molecule has 0 radical (unpaired) electrons. The maximum Gasteiger partial charge on any atom is 0.223 e. The second kappa shape index (κ2) is 8.91. The number of carbonyl (C=O) groups excluding carboxylic acids is 1. The predicted molar refractivity (Wildman–Crippen MR) is 108 cm³/mol. The molecule has 0 unspecified atom stereocenters. The highest BCUT2D eigenvalue weighted by Gasteiger charge is 2.22. The van der Waals surface area contributed by atoms with E-state index in [-0.39, 0.29) is 5.91 Å². The quantitative estimate of drug-likeness (QED) is 0.740. The van der Waals surface area contributed by atoms with Crippen molar-refractivity contribution in [2.24, 2.45) is 0 Å². The van der Waals surface area contributed by atoms with Crippen LogP contribution in [0.3, 0.4) is 0 Å². The van der Waals surface area contributed by atoms with Crippen LogP contribution in [0.5, 0.6) is 11.5 Å². The maximum absolute atomic E-state index is 12.6. The van der Waals surface area contributed by atoms with E-state index in [0.29, 0.717) is 31.2 Å². The number of nitrogens with zero attached hydrogens (tertiary/aromatic N) is 3. The van der Waals surface area contributed by atoms with Gasteiger partial charge < -0.3 is 19.7 Å². The maximum atomic E-state index is 12.6. The van der Waals surface area contributed by atoms with E-state index in [1.54, 1.807) is 14.2 Å². The van der Waals surface area contributed by atoms with Crippen molar-refractivity contribution in [2.75, 3.05) is 32.6 Å². The van der Waals surface area contributed by atoms with Gasteiger partial charge in [0.15, 0.2) is 11.5 Å². The molecule has 0 bridgehead atoms. The van der Waals surface area contributed by atoms with Gasteiger partial charge in [-0.3, -0.25) is 4.79 Å². The van der Waals surface area contributed by atoms with E-state index in [1.165, 1.54) is 5.56 Å². The summed E-state index contributed by atoms with van der Waals surface area (Å²) in [5.74, 6) is 2.23. The molecule has 0 fully saturated rings. The highest BCUT2D eigenvalue weighted by atomic mass is 16.5. The second-order valence-electron chi connectivity index (χ2n) is 7.05. The second-order valence-corrected chi connectivity index (χ2v) is 7.05. The Balaban J connectivity index is 1.52. The van der Waals surface area contributed by atoms with Crippen molar-refractivity contribution in [3.8, 4) is 11.5 Å². The Bertz CT molecular complexity index is 834. The molecule has 1 aliphatic rings. The van der Waals surface area contributed by atoms with Crippen LogP contribution in [0.4, 0.5) is 5.95 Å². The number of nitrogens with one attached hydrogen (secondary N) is 1. The minimum absolute atomic E-state index is 0.170. The standard InChI is InChI=1S/C21H28N4O3/c1-14-10-15(2)24-21(23-14)22-8-5-6-20(26)25-9-7-16-11-18(27-3)19(28-4)12-17(16)13-25/h10-12H,5-9,13H2,1-4H3,(H,22,23,24). The van der Waals surface area contributed by atoms with Crippen molar-refractivity contribution < 1.29 is 14.3 Å². The zero-order chi connectivity index (χ0) is 20.1. The third-order valence-corrected chi connectivity index (χ3v) is 4.90. The van der Waals surface area contributed by atoms with E-state index in [9.17, 15) is 4.79 Å². The third kappa shape index (κ3) is 4.71. The Morgan fingerprint density at radius 2 is 1.71 bits per heavy atom. The molecule has 28 heavy (non-hydrogen) atoms. The summed E-state index contributed by atoms with van der Waals surface area (Å²) in [5, 5.41) is 3.20. The van der Waals surface area contributed by atoms with Crippen molar-refractivity contribution in [3.05, 3.63) is 40.7 Å². The number of rotatable bonds is 7. The fraction of sp³-hybridized carbons (Fsp3) is 0.476. The van der Waals surface area contributed by atoms with Crippen molar-refractivity contribution >= 4 is 11.9 Å². The molecule has 0 spiro atoms. The Morgan fingerprint density at radius 3 is 2.36 bits per heavy atom. The summed E-state index contributed by atoms with van der Waals surface area (Å²) in [5.41, 5.74) is 4.21. The number of aryl methyl sites for hydroxylation is 2. The predicted octanol–water partition coefficient (Wildman–Crippen LogP) is 2.89. The van der Waals surface area contributed by atoms with Crippen LogP contribution >= 0.6 is 0 Å². The molecule has 0 atom stereocenters. The first kappa shape index (κ1) is 19.9. The SMILES string of the molecule is COc1cc2c(cc1OC)CN(C(=O)CCCNc1nc(C)cc(C)n1)CC2. The van der Waals surface area contributed by atoms with Gasteiger partial charge >= 0.3 is 0 Å². The number of anilines is 1. The molecule has 1 N–H and O–H groups in total. The zero-order valence-corrected chi connectivity index (χ0v) is 17.0. The van der Waals surface area contributed by atoms with E-state index in [4.69, 9.17) is 9.47 Å². The number of benzene rings is 1. The van der Waals surface area contributed by atoms with E-state index >= 15 is 0 Å². The fourth-order valence-corrected chi connectivity index (χ4v) is 3.50. The van der Waals surface area contributed by atoms with Gasteiger partial charge in [-0.25, -0.2) is 9.97 Å². The lowest BCUT2D eigenvalue weighted by Gasteiger charge is -2.29. The number of amides is 1. The van der Waals surface area contributed by atoms with Crippen molar-refractivity contribution in [1.82, 2.24) is 14.9 Å². The van der Waals surface area contributed by atoms with Crippen LogP contribution in [-0.2, 0) is 17.8 Å². The molecule has 0 saturated heterocycles. The third-order valence-electron chi connectivity index (χ3n) is 4.90. The van der Waals surface area contributed by atoms with Crippen LogP contribution in [0, 0.1) is 13.8 Å². The van der Waals surface area contributed by atoms with Crippen LogP contribution in [0.15, 0.2) is 18.2 Å². The lowest BCUT2D eigenvalue weighted by atomic mass is 9.98. The number of carbonyl (C=O) groups is 1. The normalized spacial score (nSPS) is 13.1. The summed E-state index contributed by atoms with van der Waals surface area (Å²) in [6, 6.07) is 5.93. The lowest BCUT2D eigenvalue weighted by Crippen LogP contribution is -2.36. The van der Waals surface area contributed by atoms with Gasteiger partial charge in [0.25, 0.3) is 0 Å². The molecular formula is C21H28N4O3. The number of aromatic nitrogens is 2. The molecule has 150 valence electrons. The molecule has 1 amide bonds. The summed E-state index contributed by atoms with van der Waals surface area (Å²) < 4.78 is 10.8. The summed E-state index contributed by atoms with van der Waals surface area (Å²) in [6.07, 6.45) is 2.07. The van der Waals surface area contributed by atoms with E-state index in [0.717, 1.165) is 42.1 Å². The molecule has 7 nitrogen and oxygen atoms in total. The lowest BCUT2D eigenvalue weighted by molar-refractivity contribution is -0.132. The fourth-order valence-electron chi connectivity index (χ4n) is 3.50. The largest absolute Gasteiger partial charge is 0.493 e. The van der Waals surface area contributed by atoms with Gasteiger partial charge in [0.1, 0.15) is 0 Å². The monoisotopic (exact) mass is 384 g/mol. The number of hydrogen-bond acceptors (Lipinski definition) is 6. The van der Waals surface area contributed by atoms with Crippen LogP contribution in [0.25, 0.3) is 0 Å². The molecular weight excluding hydrogens is 356 g/mol. The van der Waals surface area contributed by atoms with Crippen molar-refractivity contribution in [3.63, 3.8) is 0 Å². The van der Waals surface area contributed by atoms with Crippen LogP contribution in [-0.4, -0.2) is 48.1 Å². The molecule has 1 aliphatic heterocycles. The number of ether oxygens (including phenoxy) is 2. The average Bonchev–Trinajstić information content (AvgIpc) is 2.68. The van der Waals surface area contributed by atoms with Crippen LogP contribution in [0.2, 0.25) is 0 Å². The minimum Gasteiger partial charge on any atom is -0.493 e. The molecule has 0 saturated carbocycles. The Morgan fingerprint density at radius 1 is 1.07 bits per heavy atom. The van der Waals surface area contributed by atoms with Gasteiger partial charge in [-0.1, -0.05) is 0 Å². The van der Waals surface area contributed by atoms with Crippen molar-refractivity contribution in [2.45, 2.75) is 39.7 Å². The van der Waals surface area contributed by atoms with Gasteiger partial charge in [0.05, 0.1) is 14.2 Å². The summed E-state index contributed by atoms with van der Waals surface area (Å²) in [6.45, 7) is 5.91. The molecule has 2 heterocycles. The first-order valence-corrected chi connectivity index (χ1v) is 9.58. The number of hydrogen-bond donors (Lipinski definition) is 1.